The third-order valence-corrected chi connectivity index (χ3v) is 6.74. The smallest absolute Gasteiger partial charge is 0.243 e. The van der Waals surface area contributed by atoms with Gasteiger partial charge in [-0.15, -0.1) is 0 Å². The van der Waals surface area contributed by atoms with Gasteiger partial charge in [0.2, 0.25) is 15.9 Å². The van der Waals surface area contributed by atoms with Crippen molar-refractivity contribution in [3.8, 4) is 5.75 Å². The van der Waals surface area contributed by atoms with Crippen molar-refractivity contribution < 1.29 is 26.7 Å². The lowest BCUT2D eigenvalue weighted by Gasteiger charge is -2.34. The van der Waals surface area contributed by atoms with Crippen molar-refractivity contribution in [1.82, 2.24) is 9.21 Å². The minimum Gasteiger partial charge on any atom is -0.491 e. The van der Waals surface area contributed by atoms with Crippen molar-refractivity contribution in [2.75, 3.05) is 32.8 Å². The fourth-order valence-corrected chi connectivity index (χ4v) is 4.56. The topological polar surface area (TPSA) is 66.9 Å². The van der Waals surface area contributed by atoms with Crippen LogP contribution in [0.15, 0.2) is 47.4 Å². The van der Waals surface area contributed by atoms with E-state index < -0.39 is 21.7 Å². The van der Waals surface area contributed by atoms with Crippen LogP contribution in [0.5, 0.6) is 5.75 Å². The van der Waals surface area contributed by atoms with E-state index in [1.165, 1.54) is 0 Å². The van der Waals surface area contributed by atoms with Gasteiger partial charge in [-0.3, -0.25) is 4.79 Å². The average molecular weight is 445 g/mol. The molecule has 0 unspecified atom stereocenters. The Morgan fingerprint density at radius 3 is 2.38 bits per heavy atom. The predicted octanol–water partition coefficient (Wildman–Crippen LogP) is 2.92. The lowest BCUT2D eigenvalue weighted by atomic mass is 10.3. The summed E-state index contributed by atoms with van der Waals surface area (Å²) in [6, 6.07) is 9.40. The molecule has 0 aliphatic carbocycles. The number of halogens is 3. The van der Waals surface area contributed by atoms with Crippen LogP contribution in [-0.2, 0) is 14.8 Å². The van der Waals surface area contributed by atoms with Gasteiger partial charge in [0.25, 0.3) is 0 Å². The fraction of sp³-hybridized carbons (Fsp3) is 0.316. The van der Waals surface area contributed by atoms with Gasteiger partial charge in [-0.25, -0.2) is 17.2 Å². The van der Waals surface area contributed by atoms with Crippen LogP contribution in [-0.4, -0.2) is 56.3 Å². The summed E-state index contributed by atoms with van der Waals surface area (Å²) in [7, 11) is -3.96. The Labute approximate surface area is 172 Å². The Kier molecular flexibility index (Phi) is 6.71. The lowest BCUT2D eigenvalue weighted by Crippen LogP contribution is -2.50. The maximum Gasteiger partial charge on any atom is 0.243 e. The lowest BCUT2D eigenvalue weighted by molar-refractivity contribution is -0.132. The molecular formula is C19H19ClF2N2O4S. The molecule has 1 aliphatic rings. The molecule has 1 heterocycles. The molecule has 0 atom stereocenters. The van der Waals surface area contributed by atoms with Crippen molar-refractivity contribution in [1.29, 1.82) is 0 Å². The molecule has 2 aromatic carbocycles. The van der Waals surface area contributed by atoms with Crippen molar-refractivity contribution in [2.45, 2.75) is 11.3 Å². The monoisotopic (exact) mass is 444 g/mol. The van der Waals surface area contributed by atoms with Crippen LogP contribution in [0.3, 0.4) is 0 Å². The standard InChI is InChI=1S/C19H19ClF2N2O4S/c20-15-3-1-2-4-18(15)28-12-7-19(25)23-8-10-24(11-9-23)29(26,27)14-5-6-16(21)17(22)13-14/h1-6,13H,7-12H2. The van der Waals surface area contributed by atoms with Crippen molar-refractivity contribution in [3.05, 3.63) is 59.1 Å². The zero-order chi connectivity index (χ0) is 21.0. The van der Waals surface area contributed by atoms with E-state index in [0.717, 1.165) is 16.4 Å². The number of rotatable bonds is 6. The van der Waals surface area contributed by atoms with E-state index in [1.54, 1.807) is 29.2 Å². The summed E-state index contributed by atoms with van der Waals surface area (Å²) in [6.07, 6.45) is 0.126. The first kappa shape index (κ1) is 21.5. The Morgan fingerprint density at radius 1 is 1.03 bits per heavy atom. The van der Waals surface area contributed by atoms with Gasteiger partial charge in [-0.05, 0) is 30.3 Å². The maximum atomic E-state index is 13.4. The highest BCUT2D eigenvalue weighted by Gasteiger charge is 2.30. The van der Waals surface area contributed by atoms with Crippen LogP contribution in [0.25, 0.3) is 0 Å². The van der Waals surface area contributed by atoms with E-state index in [1.807, 2.05) is 0 Å². The van der Waals surface area contributed by atoms with Crippen molar-refractivity contribution >= 4 is 27.5 Å². The summed E-state index contributed by atoms with van der Waals surface area (Å²) in [6.45, 7) is 0.689. The van der Waals surface area contributed by atoms with E-state index in [9.17, 15) is 22.0 Å². The number of nitrogens with zero attached hydrogens (tertiary/aromatic N) is 2. The first-order valence-electron chi connectivity index (χ1n) is 8.89. The first-order valence-corrected chi connectivity index (χ1v) is 10.7. The van der Waals surface area contributed by atoms with Gasteiger partial charge >= 0.3 is 0 Å². The zero-order valence-corrected chi connectivity index (χ0v) is 16.9. The Hall–Kier alpha value is -2.23. The molecule has 0 bridgehead atoms. The molecule has 1 fully saturated rings. The predicted molar refractivity (Wildman–Crippen MR) is 103 cm³/mol. The van der Waals surface area contributed by atoms with Crippen LogP contribution < -0.4 is 4.74 Å². The summed E-state index contributed by atoms with van der Waals surface area (Å²) < 4.78 is 58.3. The van der Waals surface area contributed by atoms with Crippen molar-refractivity contribution in [3.63, 3.8) is 0 Å². The molecule has 1 saturated heterocycles. The normalized spacial score (nSPS) is 15.3. The van der Waals surface area contributed by atoms with Gasteiger partial charge < -0.3 is 9.64 Å². The number of piperazine rings is 1. The first-order chi connectivity index (χ1) is 13.8. The minimum absolute atomic E-state index is 0.0679. The van der Waals surface area contributed by atoms with Gasteiger partial charge in [0.15, 0.2) is 11.6 Å². The molecule has 156 valence electrons. The van der Waals surface area contributed by atoms with Crippen LogP contribution in [0, 0.1) is 11.6 Å². The highest BCUT2D eigenvalue weighted by atomic mass is 35.5. The summed E-state index contributed by atoms with van der Waals surface area (Å²) in [5.74, 6) is -2.01. The summed E-state index contributed by atoms with van der Waals surface area (Å²) in [5, 5.41) is 0.455. The Bertz CT molecular complexity index is 995. The fourth-order valence-electron chi connectivity index (χ4n) is 2.93. The maximum absolute atomic E-state index is 13.4. The van der Waals surface area contributed by atoms with E-state index >= 15 is 0 Å². The number of benzene rings is 2. The van der Waals surface area contributed by atoms with Crippen LogP contribution >= 0.6 is 11.6 Å². The van der Waals surface area contributed by atoms with Gasteiger partial charge in [0, 0.05) is 26.2 Å². The SMILES string of the molecule is O=C(CCOc1ccccc1Cl)N1CCN(S(=O)(=O)c2ccc(F)c(F)c2)CC1. The largest absolute Gasteiger partial charge is 0.491 e. The summed E-state index contributed by atoms with van der Waals surface area (Å²) in [5.41, 5.74) is 0. The van der Waals surface area contributed by atoms with E-state index in [4.69, 9.17) is 16.3 Å². The van der Waals surface area contributed by atoms with Gasteiger partial charge in [0.1, 0.15) is 5.75 Å². The quantitative estimate of drug-likeness (QED) is 0.687. The van der Waals surface area contributed by atoms with E-state index in [0.29, 0.717) is 16.8 Å². The van der Waals surface area contributed by atoms with Gasteiger partial charge in [-0.2, -0.15) is 4.31 Å². The number of para-hydroxylation sites is 1. The minimum atomic E-state index is -3.96. The second-order valence-corrected chi connectivity index (χ2v) is 8.73. The van der Waals surface area contributed by atoms with E-state index in [2.05, 4.69) is 0 Å². The second-order valence-electron chi connectivity index (χ2n) is 6.39. The van der Waals surface area contributed by atoms with Crippen LogP contribution in [0.1, 0.15) is 6.42 Å². The third kappa shape index (κ3) is 5.04. The number of hydrogen-bond donors (Lipinski definition) is 0. The number of amides is 1. The molecule has 0 spiro atoms. The molecule has 29 heavy (non-hydrogen) atoms. The number of ether oxygens (including phenoxy) is 1. The van der Waals surface area contributed by atoms with Gasteiger partial charge in [0.05, 0.1) is 22.9 Å². The second kappa shape index (κ2) is 9.06. The number of carbonyl (C=O) groups is 1. The number of carbonyl (C=O) groups excluding carboxylic acids is 1. The number of sulfonamides is 1. The molecule has 10 heteroatoms. The van der Waals surface area contributed by atoms with Crippen LogP contribution in [0.4, 0.5) is 8.78 Å². The molecule has 0 saturated carbocycles. The molecule has 0 N–H and O–H groups in total. The Morgan fingerprint density at radius 2 is 1.72 bits per heavy atom. The summed E-state index contributed by atoms with van der Waals surface area (Å²) >= 11 is 5.99. The highest BCUT2D eigenvalue weighted by Crippen LogP contribution is 2.23. The number of hydrogen-bond acceptors (Lipinski definition) is 4. The molecular weight excluding hydrogens is 426 g/mol. The highest BCUT2D eigenvalue weighted by molar-refractivity contribution is 7.89. The van der Waals surface area contributed by atoms with Crippen molar-refractivity contribution in [2.24, 2.45) is 0 Å². The molecule has 3 rings (SSSR count). The van der Waals surface area contributed by atoms with Crippen LogP contribution in [0.2, 0.25) is 5.02 Å². The molecule has 0 aromatic heterocycles. The molecule has 1 amide bonds. The van der Waals surface area contributed by atoms with Gasteiger partial charge in [-0.1, -0.05) is 23.7 Å². The molecule has 1 aliphatic heterocycles. The third-order valence-electron chi connectivity index (χ3n) is 4.53. The summed E-state index contributed by atoms with van der Waals surface area (Å²) in [4.78, 5) is 13.6. The zero-order valence-electron chi connectivity index (χ0n) is 15.4. The average Bonchev–Trinajstić information content (AvgIpc) is 2.71. The Balaban J connectivity index is 1.52. The molecule has 2 aromatic rings. The molecule has 6 nitrogen and oxygen atoms in total. The van der Waals surface area contributed by atoms with E-state index in [-0.39, 0.29) is 50.0 Å². The molecule has 0 radical (unpaired) electrons.